The van der Waals surface area contributed by atoms with E-state index in [1.54, 1.807) is 18.2 Å². The minimum Gasteiger partial charge on any atom is -0.495 e. The predicted molar refractivity (Wildman–Crippen MR) is 198 cm³/mol. The Hall–Kier alpha value is -4.82. The van der Waals surface area contributed by atoms with Gasteiger partial charge in [-0.05, 0) is 91.0 Å². The maximum absolute atomic E-state index is 13.8. The van der Waals surface area contributed by atoms with Crippen LogP contribution in [0.2, 0.25) is 10.0 Å². The van der Waals surface area contributed by atoms with Gasteiger partial charge in [0.15, 0.2) is 0 Å². The number of carbonyl (C=O) groups excluding carboxylic acids is 3. The van der Waals surface area contributed by atoms with Crippen LogP contribution in [0.25, 0.3) is 10.8 Å². The van der Waals surface area contributed by atoms with Gasteiger partial charge in [0.1, 0.15) is 11.8 Å². The Morgan fingerprint density at radius 3 is 2.30 bits per heavy atom. The lowest BCUT2D eigenvalue weighted by molar-refractivity contribution is 0.0948. The van der Waals surface area contributed by atoms with E-state index in [4.69, 9.17) is 27.9 Å². The molecule has 0 aromatic heterocycles. The largest absolute Gasteiger partial charge is 0.495 e. The molecule has 0 unspecified atom stereocenters. The highest BCUT2D eigenvalue weighted by Crippen LogP contribution is 2.36. The normalized spacial score (nSPS) is 14.0. The molecule has 0 radical (unpaired) electrons. The quantitative estimate of drug-likeness (QED) is 0.158. The number of urea groups is 2. The van der Waals surface area contributed by atoms with Crippen molar-refractivity contribution in [1.82, 2.24) is 20.9 Å². The van der Waals surface area contributed by atoms with Crippen molar-refractivity contribution in [2.45, 2.75) is 31.1 Å². The fraction of sp³-hybridized carbons (Fsp3) is 0.316. The number of likely N-dealkylation sites (tertiary alicyclic amines) is 1. The fourth-order valence-corrected chi connectivity index (χ4v) is 6.99. The molecule has 1 aliphatic heterocycles. The zero-order valence-corrected chi connectivity index (χ0v) is 29.8. The average Bonchev–Trinajstić information content (AvgIpc) is 3.15. The van der Waals surface area contributed by atoms with Gasteiger partial charge in [-0.2, -0.15) is 5.26 Å². The third-order valence-corrected chi connectivity index (χ3v) is 10.0. The number of methoxy groups -OCH3 is 1. The van der Waals surface area contributed by atoms with E-state index in [9.17, 15) is 19.6 Å². The lowest BCUT2D eigenvalue weighted by Crippen LogP contribution is -2.47. The Labute approximate surface area is 302 Å². The molecule has 4 aromatic rings. The fourth-order valence-electron chi connectivity index (χ4n) is 6.68. The summed E-state index contributed by atoms with van der Waals surface area (Å²) in [5.74, 6) is -0.00844. The number of imide groups is 1. The smallest absolute Gasteiger partial charge is 0.329 e. The number of fused-ring (bicyclic) bond motifs is 1. The first-order valence-corrected chi connectivity index (χ1v) is 17.2. The number of nitrogens with zero attached hydrogens (tertiary/aromatic N) is 3. The van der Waals surface area contributed by atoms with Gasteiger partial charge >= 0.3 is 12.1 Å². The van der Waals surface area contributed by atoms with Gasteiger partial charge < -0.3 is 25.6 Å². The van der Waals surface area contributed by atoms with Gasteiger partial charge in [0.05, 0.1) is 34.0 Å². The van der Waals surface area contributed by atoms with Gasteiger partial charge in [0.25, 0.3) is 5.91 Å². The number of rotatable bonds is 10. The first-order chi connectivity index (χ1) is 24.2. The summed E-state index contributed by atoms with van der Waals surface area (Å²) in [5.41, 5.74) is 3.10. The standard InChI is InChI=1S/C38H40Cl2N6O4/c1-42-37(48)46(38(49)43-2)33-11-7-6-9-29(33)24-14-17-45(18-15-24)19-16-27(25-12-13-31(39)32(40)21-25)23-44-36(47)34-30-10-5-4-8-26(30)20-28(22-41)35(34)50-3/h4-13,20-21,24,27H,14-19,23H2,1-3H3,(H,42,48)(H,43,49)(H,44,47)/t27-/m1/s1. The number of amides is 5. The molecule has 1 aliphatic rings. The number of piperidine rings is 1. The molecule has 1 atom stereocenters. The predicted octanol–water partition coefficient (Wildman–Crippen LogP) is 7.30. The number of halogens is 2. The zero-order chi connectivity index (χ0) is 35.8. The molecule has 1 saturated heterocycles. The molecule has 5 amide bonds. The van der Waals surface area contributed by atoms with Crippen LogP contribution >= 0.6 is 23.2 Å². The van der Waals surface area contributed by atoms with Gasteiger partial charge in [-0.3, -0.25) is 4.79 Å². The molecule has 0 saturated carbocycles. The summed E-state index contributed by atoms with van der Waals surface area (Å²) in [6.07, 6.45) is 2.43. The number of anilines is 1. The maximum atomic E-state index is 13.8. The molecule has 1 heterocycles. The Morgan fingerprint density at radius 2 is 1.64 bits per heavy atom. The van der Waals surface area contributed by atoms with Crippen LogP contribution in [0, 0.1) is 11.3 Å². The number of hydrogen-bond acceptors (Lipinski definition) is 6. The summed E-state index contributed by atoms with van der Waals surface area (Å²) in [4.78, 5) is 42.7. The number of hydrogen-bond donors (Lipinski definition) is 3. The van der Waals surface area contributed by atoms with Crippen LogP contribution in [0.4, 0.5) is 15.3 Å². The van der Waals surface area contributed by atoms with Crippen molar-refractivity contribution in [3.8, 4) is 11.8 Å². The number of para-hydroxylation sites is 1. The molecular weight excluding hydrogens is 675 g/mol. The molecule has 10 nitrogen and oxygen atoms in total. The lowest BCUT2D eigenvalue weighted by Gasteiger charge is -2.34. The van der Waals surface area contributed by atoms with Crippen LogP contribution < -0.4 is 25.6 Å². The van der Waals surface area contributed by atoms with Crippen molar-refractivity contribution in [2.24, 2.45) is 0 Å². The first-order valence-electron chi connectivity index (χ1n) is 16.5. The SMILES string of the molecule is CNC(=O)N(C(=O)NC)c1ccccc1C1CCN(CC[C@H](CNC(=O)c2c(OC)c(C#N)cc3ccccc23)c2ccc(Cl)c(Cl)c2)CC1. The molecule has 0 bridgehead atoms. The molecule has 0 spiro atoms. The van der Waals surface area contributed by atoms with Crippen LogP contribution in [0.1, 0.15) is 58.1 Å². The number of nitriles is 1. The summed E-state index contributed by atoms with van der Waals surface area (Å²) in [6, 6.07) is 23.4. The lowest BCUT2D eigenvalue weighted by atomic mass is 9.87. The molecule has 50 heavy (non-hydrogen) atoms. The molecule has 3 N–H and O–H groups in total. The highest BCUT2D eigenvalue weighted by molar-refractivity contribution is 6.42. The minimum absolute atomic E-state index is 0.0859. The van der Waals surface area contributed by atoms with Gasteiger partial charge in [0, 0.05) is 26.6 Å². The van der Waals surface area contributed by atoms with Gasteiger partial charge in [0.2, 0.25) is 0 Å². The summed E-state index contributed by atoms with van der Waals surface area (Å²) in [6.45, 7) is 2.74. The second kappa shape index (κ2) is 16.7. The van der Waals surface area contributed by atoms with Crippen LogP contribution in [0.15, 0.2) is 72.8 Å². The van der Waals surface area contributed by atoms with Gasteiger partial charge in [-0.25, -0.2) is 14.5 Å². The minimum atomic E-state index is -0.501. The summed E-state index contributed by atoms with van der Waals surface area (Å²) in [5, 5.41) is 20.4. The van der Waals surface area contributed by atoms with Crippen molar-refractivity contribution in [3.05, 3.63) is 105 Å². The second-order valence-corrected chi connectivity index (χ2v) is 13.0. The third kappa shape index (κ3) is 7.97. The van der Waals surface area contributed by atoms with E-state index in [2.05, 4.69) is 26.9 Å². The molecule has 12 heteroatoms. The molecule has 260 valence electrons. The van der Waals surface area contributed by atoms with E-state index in [1.807, 2.05) is 54.6 Å². The Morgan fingerprint density at radius 1 is 0.960 bits per heavy atom. The molecular formula is C38H40Cl2N6O4. The van der Waals surface area contributed by atoms with E-state index >= 15 is 0 Å². The van der Waals surface area contributed by atoms with Gasteiger partial charge in [-0.1, -0.05) is 71.7 Å². The molecule has 0 aliphatic carbocycles. The van der Waals surface area contributed by atoms with Crippen LogP contribution in [-0.2, 0) is 0 Å². The average molecular weight is 716 g/mol. The monoisotopic (exact) mass is 714 g/mol. The van der Waals surface area contributed by atoms with Crippen molar-refractivity contribution in [1.29, 1.82) is 5.26 Å². The number of ether oxygens (including phenoxy) is 1. The summed E-state index contributed by atoms with van der Waals surface area (Å²) in [7, 11) is 4.46. The van der Waals surface area contributed by atoms with E-state index in [1.165, 1.54) is 21.2 Å². The summed E-state index contributed by atoms with van der Waals surface area (Å²) < 4.78 is 5.58. The Bertz CT molecular complexity index is 1910. The second-order valence-electron chi connectivity index (χ2n) is 12.2. The van der Waals surface area contributed by atoms with E-state index in [0.29, 0.717) is 38.8 Å². The van der Waals surface area contributed by atoms with Crippen molar-refractivity contribution < 1.29 is 19.1 Å². The Kier molecular flexibility index (Phi) is 12.2. The topological polar surface area (TPSA) is 127 Å². The number of carbonyl (C=O) groups is 3. The van der Waals surface area contributed by atoms with Crippen LogP contribution in [-0.4, -0.2) is 70.3 Å². The van der Waals surface area contributed by atoms with E-state index in [-0.39, 0.29) is 23.5 Å². The molecule has 5 rings (SSSR count). The van der Waals surface area contributed by atoms with E-state index in [0.717, 1.165) is 60.3 Å². The van der Waals surface area contributed by atoms with Crippen molar-refractivity contribution in [3.63, 3.8) is 0 Å². The molecule has 1 fully saturated rings. The van der Waals surface area contributed by atoms with Crippen LogP contribution in [0.3, 0.4) is 0 Å². The first kappa shape index (κ1) is 36.5. The highest BCUT2D eigenvalue weighted by Gasteiger charge is 2.29. The third-order valence-electron chi connectivity index (χ3n) is 9.31. The van der Waals surface area contributed by atoms with Crippen molar-refractivity contribution >= 4 is 57.6 Å². The van der Waals surface area contributed by atoms with Crippen LogP contribution in [0.5, 0.6) is 5.75 Å². The van der Waals surface area contributed by atoms with Gasteiger partial charge in [-0.15, -0.1) is 0 Å². The maximum Gasteiger partial charge on any atom is 0.329 e. The van der Waals surface area contributed by atoms with Crippen molar-refractivity contribution in [2.75, 3.05) is 52.3 Å². The Balaban J connectivity index is 1.31. The number of nitrogens with one attached hydrogen (secondary N) is 3. The zero-order valence-electron chi connectivity index (χ0n) is 28.3. The summed E-state index contributed by atoms with van der Waals surface area (Å²) >= 11 is 12.7. The highest BCUT2D eigenvalue weighted by atomic mass is 35.5. The molecule has 4 aromatic carbocycles. The number of benzene rings is 4. The van der Waals surface area contributed by atoms with E-state index < -0.39 is 12.1 Å².